The second-order valence-electron chi connectivity index (χ2n) is 5.74. The first-order chi connectivity index (χ1) is 12.5. The molecule has 7 nitrogen and oxygen atoms in total. The Morgan fingerprint density at radius 1 is 1.23 bits per heavy atom. The van der Waals surface area contributed by atoms with Gasteiger partial charge < -0.3 is 10.1 Å². The summed E-state index contributed by atoms with van der Waals surface area (Å²) in [7, 11) is 1.31. The van der Waals surface area contributed by atoms with Gasteiger partial charge in [-0.1, -0.05) is 23.5 Å². The molecular weight excluding hydrogens is 352 g/mol. The van der Waals surface area contributed by atoms with Crippen molar-refractivity contribution >= 4 is 44.0 Å². The minimum atomic E-state index is -0.472. The number of carbonyl (C=O) groups excluding carboxylic acids is 1. The van der Waals surface area contributed by atoms with Crippen LogP contribution in [-0.4, -0.2) is 27.7 Å². The highest BCUT2D eigenvalue weighted by molar-refractivity contribution is 7.20. The van der Waals surface area contributed by atoms with E-state index in [1.165, 1.54) is 23.0 Å². The Morgan fingerprint density at radius 3 is 2.85 bits per heavy atom. The van der Waals surface area contributed by atoms with Gasteiger partial charge in [0, 0.05) is 5.69 Å². The van der Waals surface area contributed by atoms with Crippen LogP contribution in [-0.2, 0) is 4.74 Å². The normalized spacial score (nSPS) is 11.0. The van der Waals surface area contributed by atoms with E-state index in [9.17, 15) is 9.59 Å². The van der Waals surface area contributed by atoms with Crippen LogP contribution in [0, 0.1) is 6.92 Å². The third-order valence-electron chi connectivity index (χ3n) is 3.89. The van der Waals surface area contributed by atoms with Crippen molar-refractivity contribution in [2.75, 3.05) is 12.4 Å². The number of nitrogens with zero attached hydrogens (tertiary/aromatic N) is 3. The topological polar surface area (TPSA) is 85.6 Å². The summed E-state index contributed by atoms with van der Waals surface area (Å²) >= 11 is 1.26. The predicted octanol–water partition coefficient (Wildman–Crippen LogP) is 3.14. The van der Waals surface area contributed by atoms with Gasteiger partial charge in [-0.05, 0) is 42.8 Å². The van der Waals surface area contributed by atoms with Gasteiger partial charge in [-0.25, -0.2) is 9.78 Å². The monoisotopic (exact) mass is 366 g/mol. The molecule has 0 aliphatic rings. The number of hydrogen-bond acceptors (Lipinski definition) is 7. The quantitative estimate of drug-likeness (QED) is 0.561. The molecule has 130 valence electrons. The number of hydrogen-bond donors (Lipinski definition) is 1. The van der Waals surface area contributed by atoms with E-state index in [0.29, 0.717) is 26.6 Å². The van der Waals surface area contributed by atoms with E-state index in [2.05, 4.69) is 15.4 Å². The second kappa shape index (κ2) is 6.23. The molecule has 0 bridgehead atoms. The maximum atomic E-state index is 12.7. The minimum absolute atomic E-state index is 0.282. The molecule has 0 unspecified atom stereocenters. The van der Waals surface area contributed by atoms with Gasteiger partial charge in [-0.15, -0.1) is 5.10 Å². The smallest absolute Gasteiger partial charge is 0.337 e. The first kappa shape index (κ1) is 16.2. The van der Waals surface area contributed by atoms with Crippen molar-refractivity contribution in [1.29, 1.82) is 0 Å². The van der Waals surface area contributed by atoms with Crippen LogP contribution in [0.5, 0.6) is 0 Å². The minimum Gasteiger partial charge on any atom is -0.465 e. The average molecular weight is 366 g/mol. The van der Waals surface area contributed by atoms with Crippen LogP contribution in [0.3, 0.4) is 0 Å². The van der Waals surface area contributed by atoms with Crippen LogP contribution in [0.4, 0.5) is 10.8 Å². The lowest BCUT2D eigenvalue weighted by atomic mass is 10.1. The van der Waals surface area contributed by atoms with Crippen LogP contribution in [0.15, 0.2) is 47.3 Å². The molecule has 8 heteroatoms. The zero-order valence-corrected chi connectivity index (χ0v) is 14.8. The van der Waals surface area contributed by atoms with Crippen molar-refractivity contribution in [3.05, 3.63) is 63.9 Å². The van der Waals surface area contributed by atoms with Crippen LogP contribution in [0.1, 0.15) is 15.9 Å². The third-order valence-corrected chi connectivity index (χ3v) is 4.71. The molecule has 0 spiro atoms. The number of esters is 1. The summed E-state index contributed by atoms with van der Waals surface area (Å²) in [6.45, 7) is 2.00. The molecule has 4 rings (SSSR count). The molecule has 2 aromatic carbocycles. The summed E-state index contributed by atoms with van der Waals surface area (Å²) < 4.78 is 5.98. The number of fused-ring (bicyclic) bond motifs is 2. The molecule has 0 fully saturated rings. The summed E-state index contributed by atoms with van der Waals surface area (Å²) in [5.74, 6) is -0.472. The van der Waals surface area contributed by atoms with Gasteiger partial charge in [-0.2, -0.15) is 4.52 Å². The Kier molecular flexibility index (Phi) is 3.89. The number of nitrogens with one attached hydrogen (secondary N) is 1. The lowest BCUT2D eigenvalue weighted by Crippen LogP contribution is -2.15. The SMILES string of the molecule is COC(=O)c1ccc2c(=O)n3nc(Nc4cccc(C)c4)sc3nc2c1. The van der Waals surface area contributed by atoms with Gasteiger partial charge >= 0.3 is 5.97 Å². The van der Waals surface area contributed by atoms with Gasteiger partial charge in [0.25, 0.3) is 5.56 Å². The summed E-state index contributed by atoms with van der Waals surface area (Å²) in [5.41, 5.74) is 2.50. The van der Waals surface area contributed by atoms with Crippen LogP contribution in [0.25, 0.3) is 15.9 Å². The fraction of sp³-hybridized carbons (Fsp3) is 0.111. The molecular formula is C18H14N4O3S. The van der Waals surface area contributed by atoms with E-state index in [0.717, 1.165) is 11.3 Å². The Bertz CT molecular complexity index is 1210. The Balaban J connectivity index is 1.82. The number of anilines is 2. The average Bonchev–Trinajstić information content (AvgIpc) is 3.03. The number of carbonyl (C=O) groups is 1. The first-order valence-corrected chi connectivity index (χ1v) is 8.62. The summed E-state index contributed by atoms with van der Waals surface area (Å²) in [6, 6.07) is 12.5. The highest BCUT2D eigenvalue weighted by Crippen LogP contribution is 2.23. The molecule has 4 aromatic rings. The standard InChI is InChI=1S/C18H14N4O3S/c1-10-4-3-5-12(8-10)19-17-21-22-15(23)13-7-6-11(16(24)25-2)9-14(13)20-18(22)26-17/h3-9H,1-2H3,(H,19,21). The van der Waals surface area contributed by atoms with Gasteiger partial charge in [0.2, 0.25) is 10.1 Å². The van der Waals surface area contributed by atoms with Crippen molar-refractivity contribution < 1.29 is 9.53 Å². The molecule has 0 aliphatic carbocycles. The molecule has 0 saturated heterocycles. The van der Waals surface area contributed by atoms with Crippen LogP contribution in [0.2, 0.25) is 0 Å². The number of aryl methyl sites for hydroxylation is 1. The molecule has 0 atom stereocenters. The van der Waals surface area contributed by atoms with E-state index in [1.807, 2.05) is 31.2 Å². The Morgan fingerprint density at radius 2 is 2.08 bits per heavy atom. The highest BCUT2D eigenvalue weighted by atomic mass is 32.1. The van der Waals surface area contributed by atoms with Gasteiger partial charge in [0.05, 0.1) is 23.6 Å². The van der Waals surface area contributed by atoms with Crippen molar-refractivity contribution in [3.63, 3.8) is 0 Å². The fourth-order valence-corrected chi connectivity index (χ4v) is 3.47. The lowest BCUT2D eigenvalue weighted by Gasteiger charge is -2.02. The molecule has 0 saturated carbocycles. The summed E-state index contributed by atoms with van der Waals surface area (Å²) in [4.78, 5) is 29.3. The van der Waals surface area contributed by atoms with Gasteiger partial charge in [0.1, 0.15) is 0 Å². The molecule has 0 amide bonds. The summed E-state index contributed by atoms with van der Waals surface area (Å²) in [5, 5.41) is 8.46. The maximum Gasteiger partial charge on any atom is 0.337 e. The van der Waals surface area contributed by atoms with E-state index >= 15 is 0 Å². The van der Waals surface area contributed by atoms with Crippen molar-refractivity contribution in [3.8, 4) is 0 Å². The third kappa shape index (κ3) is 2.80. The molecule has 0 aliphatic heterocycles. The number of methoxy groups -OCH3 is 1. The second-order valence-corrected chi connectivity index (χ2v) is 6.69. The first-order valence-electron chi connectivity index (χ1n) is 7.81. The Labute approximate surface area is 151 Å². The van der Waals surface area contributed by atoms with Gasteiger partial charge in [0.15, 0.2) is 0 Å². The van der Waals surface area contributed by atoms with Crippen LogP contribution < -0.4 is 10.9 Å². The zero-order valence-electron chi connectivity index (χ0n) is 14.0. The molecule has 2 aromatic heterocycles. The predicted molar refractivity (Wildman–Crippen MR) is 100 cm³/mol. The van der Waals surface area contributed by atoms with Crippen molar-refractivity contribution in [2.24, 2.45) is 0 Å². The number of benzene rings is 2. The lowest BCUT2D eigenvalue weighted by molar-refractivity contribution is 0.0601. The van der Waals surface area contributed by atoms with E-state index in [1.54, 1.807) is 18.2 Å². The van der Waals surface area contributed by atoms with E-state index in [4.69, 9.17) is 4.74 Å². The fourth-order valence-electron chi connectivity index (χ4n) is 2.65. The largest absolute Gasteiger partial charge is 0.465 e. The zero-order chi connectivity index (χ0) is 18.3. The van der Waals surface area contributed by atoms with Crippen molar-refractivity contribution in [1.82, 2.24) is 14.6 Å². The van der Waals surface area contributed by atoms with E-state index in [-0.39, 0.29) is 5.56 Å². The Hall–Kier alpha value is -3.26. The molecule has 2 heterocycles. The van der Waals surface area contributed by atoms with Crippen molar-refractivity contribution in [2.45, 2.75) is 6.92 Å². The van der Waals surface area contributed by atoms with Gasteiger partial charge in [-0.3, -0.25) is 4.79 Å². The molecule has 26 heavy (non-hydrogen) atoms. The molecule has 0 radical (unpaired) electrons. The maximum absolute atomic E-state index is 12.7. The number of ether oxygens (including phenoxy) is 1. The highest BCUT2D eigenvalue weighted by Gasteiger charge is 2.13. The summed E-state index contributed by atoms with van der Waals surface area (Å²) in [6.07, 6.45) is 0. The number of aromatic nitrogens is 3. The molecule has 1 N–H and O–H groups in total. The van der Waals surface area contributed by atoms with E-state index < -0.39 is 5.97 Å². The number of rotatable bonds is 3. The van der Waals surface area contributed by atoms with Crippen LogP contribution >= 0.6 is 11.3 Å².